The normalized spacial score (nSPS) is 14.4. The monoisotopic (exact) mass is 414 g/mol. The second-order valence-corrected chi connectivity index (χ2v) is 8.04. The van der Waals surface area contributed by atoms with Crippen LogP contribution in [-0.2, 0) is 11.2 Å². The Morgan fingerprint density at radius 3 is 2.93 bits per heavy atom. The van der Waals surface area contributed by atoms with Crippen LogP contribution in [0.4, 0.5) is 5.69 Å². The molecule has 2 N–H and O–H groups in total. The van der Waals surface area contributed by atoms with Crippen molar-refractivity contribution in [2.24, 2.45) is 0 Å². The molecule has 5 nitrogen and oxygen atoms in total. The first kappa shape index (κ1) is 21.6. The number of nitrogens with one attached hydrogen (secondary N) is 2. The maximum absolute atomic E-state index is 7.31. The lowest BCUT2D eigenvalue weighted by Crippen LogP contribution is -2.27. The fourth-order valence-corrected chi connectivity index (χ4v) is 4.05. The van der Waals surface area contributed by atoms with Gasteiger partial charge in [0, 0.05) is 41.2 Å². The van der Waals surface area contributed by atoms with Crippen molar-refractivity contribution >= 4 is 40.5 Å². The zero-order chi connectivity index (χ0) is 20.8. The Morgan fingerprint density at radius 1 is 1.38 bits per heavy atom. The summed E-state index contributed by atoms with van der Waals surface area (Å²) in [7, 11) is 1.73. The summed E-state index contributed by atoms with van der Waals surface area (Å²) in [6.45, 7) is 7.09. The largest absolute Gasteiger partial charge is 0.501 e. The lowest BCUT2D eigenvalue weighted by atomic mass is 9.96. The predicted octanol–water partition coefficient (Wildman–Crippen LogP) is 5.37. The molecule has 3 rings (SSSR count). The van der Waals surface area contributed by atoms with Crippen molar-refractivity contribution in [1.29, 1.82) is 5.41 Å². The van der Waals surface area contributed by atoms with Gasteiger partial charge in [-0.25, -0.2) is 0 Å². The number of methoxy groups -OCH3 is 1. The molecular weight excluding hydrogens is 384 g/mol. The van der Waals surface area contributed by atoms with Gasteiger partial charge < -0.3 is 15.5 Å². The third-order valence-electron chi connectivity index (χ3n) is 5.54. The number of nitrogens with zero attached hydrogens (tertiary/aromatic N) is 2. The maximum Gasteiger partial charge on any atom is 0.0966 e. The third-order valence-corrected chi connectivity index (χ3v) is 5.77. The van der Waals surface area contributed by atoms with Crippen LogP contribution in [0, 0.1) is 5.41 Å². The van der Waals surface area contributed by atoms with E-state index in [0.29, 0.717) is 11.1 Å². The van der Waals surface area contributed by atoms with Gasteiger partial charge in [-0.3, -0.25) is 9.88 Å². The molecule has 1 aromatic heterocycles. The second-order valence-electron chi connectivity index (χ2n) is 7.61. The highest BCUT2D eigenvalue weighted by molar-refractivity contribution is 6.31. The van der Waals surface area contributed by atoms with E-state index in [4.69, 9.17) is 26.7 Å². The number of allylic oxidation sites excluding steroid dienone is 1. The lowest BCUT2D eigenvalue weighted by Gasteiger charge is -2.24. The smallest absolute Gasteiger partial charge is 0.0966 e. The second kappa shape index (κ2) is 10.1. The van der Waals surface area contributed by atoms with Gasteiger partial charge in [-0.1, -0.05) is 18.5 Å². The Kier molecular flexibility index (Phi) is 7.51. The summed E-state index contributed by atoms with van der Waals surface area (Å²) in [5.74, 6) is 0.994. The molecule has 1 aromatic carbocycles. The number of halogens is 1. The van der Waals surface area contributed by atoms with E-state index in [9.17, 15) is 0 Å². The Hall–Kier alpha value is -2.11. The molecule has 29 heavy (non-hydrogen) atoms. The molecule has 2 aromatic rings. The lowest BCUT2D eigenvalue weighted by molar-refractivity contribution is 0.279. The number of aryl methyl sites for hydroxylation is 1. The molecule has 156 valence electrons. The quantitative estimate of drug-likeness (QED) is 0.513. The van der Waals surface area contributed by atoms with Crippen LogP contribution in [0.3, 0.4) is 0 Å². The summed E-state index contributed by atoms with van der Waals surface area (Å²) < 4.78 is 5.53. The molecular formula is C23H31ClN4O. The van der Waals surface area contributed by atoms with Crippen molar-refractivity contribution in [3.63, 3.8) is 0 Å². The van der Waals surface area contributed by atoms with Gasteiger partial charge in [0.25, 0.3) is 0 Å². The summed E-state index contributed by atoms with van der Waals surface area (Å²) in [6, 6.07) is 6.24. The molecule has 6 heteroatoms. The Balaban J connectivity index is 1.84. The first-order chi connectivity index (χ1) is 14.0. The van der Waals surface area contributed by atoms with Gasteiger partial charge in [0.15, 0.2) is 0 Å². The summed E-state index contributed by atoms with van der Waals surface area (Å²) >= 11 is 6.23. The van der Waals surface area contributed by atoms with Crippen LogP contribution >= 0.6 is 11.6 Å². The van der Waals surface area contributed by atoms with Crippen LogP contribution in [0.2, 0.25) is 5.02 Å². The fraction of sp³-hybridized carbons (Fsp3) is 0.478. The number of ether oxygens (including phenoxy) is 1. The number of pyridine rings is 1. The molecule has 0 saturated carbocycles. The minimum Gasteiger partial charge on any atom is -0.501 e. The zero-order valence-corrected chi connectivity index (χ0v) is 18.4. The molecule has 0 unspecified atom stereocenters. The number of rotatable bonds is 10. The summed E-state index contributed by atoms with van der Waals surface area (Å²) in [6.07, 6.45) is 7.49. The van der Waals surface area contributed by atoms with Crippen molar-refractivity contribution in [2.75, 3.05) is 32.1 Å². The summed E-state index contributed by atoms with van der Waals surface area (Å²) in [5, 5.41) is 12.9. The first-order valence-electron chi connectivity index (χ1n) is 10.4. The standard InChI is InChI=1S/C23H31ClN4O/c1-4-28(13-11-25)12-5-6-16(2)26-23-19-9-7-17(24)14-22(19)27-21-10-8-18(29-3)15-20(21)23/h7,9,11,14-16,25H,4-6,8,10,12-13H2,1-3H3,(H,26,27)/t16-/m1/s1. The van der Waals surface area contributed by atoms with Gasteiger partial charge in [0.1, 0.15) is 0 Å². The Morgan fingerprint density at radius 2 is 2.21 bits per heavy atom. The van der Waals surface area contributed by atoms with Gasteiger partial charge in [0.2, 0.25) is 0 Å². The van der Waals surface area contributed by atoms with Gasteiger partial charge in [-0.2, -0.15) is 0 Å². The highest BCUT2D eigenvalue weighted by Crippen LogP contribution is 2.36. The van der Waals surface area contributed by atoms with Crippen LogP contribution < -0.4 is 5.32 Å². The van der Waals surface area contributed by atoms with Crippen LogP contribution in [0.15, 0.2) is 24.0 Å². The predicted molar refractivity (Wildman–Crippen MR) is 123 cm³/mol. The van der Waals surface area contributed by atoms with Crippen LogP contribution in [0.5, 0.6) is 0 Å². The summed E-state index contributed by atoms with van der Waals surface area (Å²) in [5.41, 5.74) is 4.28. The van der Waals surface area contributed by atoms with E-state index in [-0.39, 0.29) is 0 Å². The molecule has 1 aliphatic carbocycles. The minimum absolute atomic E-state index is 0.320. The van der Waals surface area contributed by atoms with Crippen LogP contribution in [0.25, 0.3) is 17.0 Å². The Labute approximate surface area is 178 Å². The van der Waals surface area contributed by atoms with Crippen molar-refractivity contribution in [2.45, 2.75) is 45.6 Å². The van der Waals surface area contributed by atoms with Crippen molar-refractivity contribution < 1.29 is 4.74 Å². The molecule has 0 amide bonds. The average Bonchev–Trinajstić information content (AvgIpc) is 2.72. The van der Waals surface area contributed by atoms with E-state index >= 15 is 0 Å². The molecule has 1 aliphatic rings. The van der Waals surface area contributed by atoms with E-state index in [0.717, 1.165) is 78.9 Å². The number of anilines is 1. The first-order valence-corrected chi connectivity index (χ1v) is 10.8. The Bertz CT molecular complexity index is 896. The topological polar surface area (TPSA) is 61.2 Å². The average molecular weight is 415 g/mol. The maximum atomic E-state index is 7.31. The zero-order valence-electron chi connectivity index (χ0n) is 17.6. The molecule has 0 spiro atoms. The van der Waals surface area contributed by atoms with Gasteiger partial charge >= 0.3 is 0 Å². The molecule has 0 radical (unpaired) electrons. The fourth-order valence-electron chi connectivity index (χ4n) is 3.89. The summed E-state index contributed by atoms with van der Waals surface area (Å²) in [4.78, 5) is 7.17. The van der Waals surface area contributed by atoms with Gasteiger partial charge in [-0.05, 0) is 63.6 Å². The molecule has 0 fully saturated rings. The molecule has 0 bridgehead atoms. The molecule has 0 aliphatic heterocycles. The molecule has 1 atom stereocenters. The van der Waals surface area contributed by atoms with E-state index in [1.165, 1.54) is 6.21 Å². The van der Waals surface area contributed by atoms with E-state index in [1.807, 2.05) is 12.1 Å². The number of benzene rings is 1. The number of aromatic nitrogens is 1. The molecule has 0 saturated heterocycles. The third kappa shape index (κ3) is 5.28. The van der Waals surface area contributed by atoms with Crippen LogP contribution in [0.1, 0.15) is 44.4 Å². The van der Waals surface area contributed by atoms with E-state index in [1.54, 1.807) is 7.11 Å². The van der Waals surface area contributed by atoms with Crippen LogP contribution in [-0.4, -0.2) is 48.9 Å². The minimum atomic E-state index is 0.320. The van der Waals surface area contributed by atoms with Crippen molar-refractivity contribution in [1.82, 2.24) is 9.88 Å². The van der Waals surface area contributed by atoms with Crippen molar-refractivity contribution in [3.05, 3.63) is 40.2 Å². The van der Waals surface area contributed by atoms with Crippen molar-refractivity contribution in [3.8, 4) is 0 Å². The van der Waals surface area contributed by atoms with E-state index < -0.39 is 0 Å². The highest BCUT2D eigenvalue weighted by Gasteiger charge is 2.20. The van der Waals surface area contributed by atoms with Gasteiger partial charge in [-0.15, -0.1) is 0 Å². The highest BCUT2D eigenvalue weighted by atomic mass is 35.5. The number of hydrogen-bond acceptors (Lipinski definition) is 5. The number of fused-ring (bicyclic) bond motifs is 2. The molecule has 1 heterocycles. The van der Waals surface area contributed by atoms with E-state index in [2.05, 4.69) is 36.2 Å². The van der Waals surface area contributed by atoms with Gasteiger partial charge in [0.05, 0.1) is 29.8 Å². The SMILES string of the molecule is CCN(CC=N)CCC[C@@H](C)Nc1c2c(nc3cc(Cl)ccc13)CCC(OC)=C2. The number of hydrogen-bond donors (Lipinski definition) is 2.